The van der Waals surface area contributed by atoms with Crippen molar-refractivity contribution < 1.29 is 18.9 Å². The van der Waals surface area contributed by atoms with Gasteiger partial charge in [0.15, 0.2) is 8.32 Å². The number of rotatable bonds is 4. The second-order valence-electron chi connectivity index (χ2n) is 5.72. The van der Waals surface area contributed by atoms with Gasteiger partial charge in [0.2, 0.25) is 0 Å². The predicted octanol–water partition coefficient (Wildman–Crippen LogP) is 1.48. The molecule has 0 radical (unpaired) electrons. The molecule has 0 spiro atoms. The Labute approximate surface area is 104 Å². The highest BCUT2D eigenvalue weighted by Crippen LogP contribution is 2.36. The van der Waals surface area contributed by atoms with Gasteiger partial charge < -0.3 is 18.9 Å². The first-order valence-corrected chi connectivity index (χ1v) is 8.62. The lowest BCUT2D eigenvalue weighted by Gasteiger charge is -2.35. The summed E-state index contributed by atoms with van der Waals surface area (Å²) in [5.41, 5.74) is 0.378. The van der Waals surface area contributed by atoms with Gasteiger partial charge in [0.05, 0.1) is 12.9 Å². The van der Waals surface area contributed by atoms with Gasteiger partial charge in [-0.25, -0.2) is 0 Å². The fourth-order valence-electron chi connectivity index (χ4n) is 1.16. The average Bonchev–Trinajstić information content (AvgIpc) is 2.60. The molecule has 0 atom stereocenters. The van der Waals surface area contributed by atoms with Gasteiger partial charge in [-0.1, -0.05) is 20.8 Å². The summed E-state index contributed by atoms with van der Waals surface area (Å²) < 4.78 is 11.2. The van der Waals surface area contributed by atoms with Gasteiger partial charge in [-0.05, 0) is 24.2 Å². The van der Waals surface area contributed by atoms with Gasteiger partial charge in [0, 0.05) is 5.46 Å². The largest absolute Gasteiger partial charge is 0.492 e. The summed E-state index contributed by atoms with van der Waals surface area (Å²) in [5.74, 6) is 0.491. The molecule has 0 amide bonds. The monoisotopic (exact) mass is 256 g/mol. The van der Waals surface area contributed by atoms with E-state index in [1.54, 1.807) is 6.07 Å². The van der Waals surface area contributed by atoms with Gasteiger partial charge >= 0.3 is 7.12 Å². The van der Waals surface area contributed by atoms with Gasteiger partial charge in [0.1, 0.15) is 5.76 Å². The van der Waals surface area contributed by atoms with Crippen LogP contribution < -0.4 is 5.46 Å². The predicted molar refractivity (Wildman–Crippen MR) is 70.5 cm³/mol. The van der Waals surface area contributed by atoms with Gasteiger partial charge in [-0.15, -0.1) is 0 Å². The molecule has 0 aliphatic rings. The van der Waals surface area contributed by atoms with E-state index in [-0.39, 0.29) is 11.6 Å². The molecule has 1 aromatic rings. The molecule has 0 aromatic carbocycles. The zero-order valence-corrected chi connectivity index (χ0v) is 12.2. The molecule has 4 nitrogen and oxygen atoms in total. The van der Waals surface area contributed by atoms with Crippen molar-refractivity contribution in [3.05, 3.63) is 18.1 Å². The lowest BCUT2D eigenvalue weighted by molar-refractivity contribution is 0.247. The third kappa shape index (κ3) is 3.45. The molecule has 0 bridgehead atoms. The minimum Gasteiger partial charge on any atom is -0.467 e. The maximum atomic E-state index is 9.13. The molecule has 96 valence electrons. The van der Waals surface area contributed by atoms with E-state index >= 15 is 0 Å². The van der Waals surface area contributed by atoms with Crippen molar-refractivity contribution >= 4 is 20.9 Å². The van der Waals surface area contributed by atoms with Crippen molar-refractivity contribution in [1.82, 2.24) is 0 Å². The Kier molecular flexibility index (Phi) is 4.24. The molecule has 1 aromatic heterocycles. The lowest BCUT2D eigenvalue weighted by Crippen LogP contribution is -2.41. The van der Waals surface area contributed by atoms with Crippen molar-refractivity contribution in [2.45, 2.75) is 45.5 Å². The van der Waals surface area contributed by atoms with Crippen LogP contribution in [0.5, 0.6) is 0 Å². The van der Waals surface area contributed by atoms with E-state index < -0.39 is 15.4 Å². The van der Waals surface area contributed by atoms with Crippen molar-refractivity contribution in [2.24, 2.45) is 0 Å². The third-order valence-corrected chi connectivity index (χ3v) is 7.91. The minimum atomic E-state index is -1.84. The maximum Gasteiger partial charge on any atom is 0.492 e. The minimum absolute atomic E-state index is 0.123. The second kappa shape index (κ2) is 4.98. The highest BCUT2D eigenvalue weighted by Gasteiger charge is 2.37. The molecule has 0 unspecified atom stereocenters. The molecule has 17 heavy (non-hydrogen) atoms. The van der Waals surface area contributed by atoms with E-state index in [0.29, 0.717) is 11.2 Å². The van der Waals surface area contributed by atoms with E-state index in [4.69, 9.17) is 18.9 Å². The molecule has 0 fully saturated rings. The molecule has 0 saturated carbocycles. The molecular weight excluding hydrogens is 235 g/mol. The maximum absolute atomic E-state index is 9.13. The summed E-state index contributed by atoms with van der Waals surface area (Å²) in [5, 5.41) is 18.4. The lowest BCUT2D eigenvalue weighted by atomic mass is 9.80. The van der Waals surface area contributed by atoms with Crippen LogP contribution in [-0.4, -0.2) is 25.5 Å². The quantitative estimate of drug-likeness (QED) is 0.801. The fourth-order valence-corrected chi connectivity index (χ4v) is 2.09. The fraction of sp³-hybridized carbons (Fsp3) is 0.636. The standard InChI is InChI=1S/C11H21BO4Si/c1-11(2,3)17(4,5)16-8-10-9(12(13)14)6-7-15-10/h6-7,13-14H,8H2,1-5H3. The van der Waals surface area contributed by atoms with Crippen molar-refractivity contribution in [3.8, 4) is 0 Å². The zero-order chi connectivity index (χ0) is 13.3. The molecule has 1 rings (SSSR count). The smallest absolute Gasteiger partial charge is 0.467 e. The van der Waals surface area contributed by atoms with Gasteiger partial charge in [-0.3, -0.25) is 0 Å². The topological polar surface area (TPSA) is 62.8 Å². The number of furan rings is 1. The molecule has 0 aliphatic heterocycles. The first-order valence-electron chi connectivity index (χ1n) is 5.71. The first-order chi connectivity index (χ1) is 7.65. The normalized spacial score (nSPS) is 12.9. The number of hydrogen-bond acceptors (Lipinski definition) is 4. The summed E-state index contributed by atoms with van der Waals surface area (Å²) in [4.78, 5) is 0. The van der Waals surface area contributed by atoms with Crippen LogP contribution in [0.1, 0.15) is 26.5 Å². The van der Waals surface area contributed by atoms with Crippen LogP contribution in [0.15, 0.2) is 16.7 Å². The molecule has 0 saturated heterocycles. The summed E-state index contributed by atoms with van der Waals surface area (Å²) >= 11 is 0. The highest BCUT2D eigenvalue weighted by molar-refractivity contribution is 6.74. The Bertz CT molecular complexity index is 368. The molecule has 1 heterocycles. The van der Waals surface area contributed by atoms with Crippen LogP contribution in [-0.2, 0) is 11.0 Å². The SMILES string of the molecule is CC(C)(C)[Si](C)(C)OCc1occc1B(O)O. The molecule has 6 heteroatoms. The van der Waals surface area contributed by atoms with Crippen molar-refractivity contribution in [3.63, 3.8) is 0 Å². The molecular formula is C11H21BO4Si. The van der Waals surface area contributed by atoms with Gasteiger partial charge in [0.25, 0.3) is 0 Å². The van der Waals surface area contributed by atoms with E-state index in [1.807, 2.05) is 0 Å². The van der Waals surface area contributed by atoms with E-state index in [0.717, 1.165) is 0 Å². The second-order valence-corrected chi connectivity index (χ2v) is 10.5. The van der Waals surface area contributed by atoms with Crippen LogP contribution in [0.2, 0.25) is 18.1 Å². The Morgan fingerprint density at radius 3 is 2.41 bits per heavy atom. The Balaban J connectivity index is 2.71. The van der Waals surface area contributed by atoms with E-state index in [1.165, 1.54) is 6.26 Å². The van der Waals surface area contributed by atoms with E-state index in [2.05, 4.69) is 33.9 Å². The Hall–Kier alpha value is -0.558. The summed E-state index contributed by atoms with van der Waals surface area (Å²) in [6, 6.07) is 1.55. The van der Waals surface area contributed by atoms with E-state index in [9.17, 15) is 0 Å². The van der Waals surface area contributed by atoms with Crippen LogP contribution in [0, 0.1) is 0 Å². The Morgan fingerprint density at radius 1 is 1.35 bits per heavy atom. The average molecular weight is 256 g/mol. The van der Waals surface area contributed by atoms with Crippen molar-refractivity contribution in [2.75, 3.05) is 0 Å². The van der Waals surface area contributed by atoms with Crippen LogP contribution in [0.25, 0.3) is 0 Å². The Morgan fingerprint density at radius 2 is 1.94 bits per heavy atom. The van der Waals surface area contributed by atoms with Crippen LogP contribution in [0.4, 0.5) is 0 Å². The summed E-state index contributed by atoms with van der Waals surface area (Å²) in [7, 11) is -3.35. The molecule has 2 N–H and O–H groups in total. The van der Waals surface area contributed by atoms with Crippen LogP contribution in [0.3, 0.4) is 0 Å². The van der Waals surface area contributed by atoms with Gasteiger partial charge in [-0.2, -0.15) is 0 Å². The zero-order valence-electron chi connectivity index (χ0n) is 11.2. The van der Waals surface area contributed by atoms with Crippen LogP contribution >= 0.6 is 0 Å². The molecule has 0 aliphatic carbocycles. The number of hydrogen-bond donors (Lipinski definition) is 2. The summed E-state index contributed by atoms with van der Waals surface area (Å²) in [6.07, 6.45) is 1.44. The van der Waals surface area contributed by atoms with Crippen molar-refractivity contribution in [1.29, 1.82) is 0 Å². The first kappa shape index (κ1) is 14.5. The summed E-state index contributed by atoms with van der Waals surface area (Å²) in [6.45, 7) is 11.0. The third-order valence-electron chi connectivity index (χ3n) is 3.43. The highest BCUT2D eigenvalue weighted by atomic mass is 28.4.